The summed E-state index contributed by atoms with van der Waals surface area (Å²) >= 11 is 11.6. The number of halogens is 2. The van der Waals surface area contributed by atoms with Gasteiger partial charge in [-0.2, -0.15) is 0 Å². The van der Waals surface area contributed by atoms with Crippen LogP contribution in [0.4, 0.5) is 0 Å². The Labute approximate surface area is 106 Å². The van der Waals surface area contributed by atoms with Crippen LogP contribution in [0.2, 0.25) is 10.0 Å². The van der Waals surface area contributed by atoms with Gasteiger partial charge in [-0.1, -0.05) is 23.2 Å². The van der Waals surface area contributed by atoms with Crippen LogP contribution in [0.25, 0.3) is 0 Å². The first kappa shape index (κ1) is 13.3. The molecule has 0 atom stereocenters. The number of carbonyl (C=O) groups excluding carboxylic acids is 1. The number of rotatable bonds is 6. The fourth-order valence-electron chi connectivity index (χ4n) is 1.23. The molecule has 0 radical (unpaired) electrons. The van der Waals surface area contributed by atoms with E-state index in [4.69, 9.17) is 27.9 Å². The summed E-state index contributed by atoms with van der Waals surface area (Å²) in [6.45, 7) is 2.19. The zero-order valence-corrected chi connectivity index (χ0v) is 10.6. The van der Waals surface area contributed by atoms with Gasteiger partial charge in [0.1, 0.15) is 11.5 Å². The molecule has 2 nitrogen and oxygen atoms in total. The average Bonchev–Trinajstić information content (AvgIpc) is 2.22. The van der Waals surface area contributed by atoms with Crippen LogP contribution in [0.1, 0.15) is 26.2 Å². The normalized spacial score (nSPS) is 10.2. The van der Waals surface area contributed by atoms with E-state index in [1.54, 1.807) is 25.1 Å². The highest BCUT2D eigenvalue weighted by Gasteiger charge is 2.00. The number of unbranched alkanes of at least 4 members (excludes halogenated alkanes) is 1. The molecule has 0 spiro atoms. The summed E-state index contributed by atoms with van der Waals surface area (Å²) in [5.41, 5.74) is 0. The van der Waals surface area contributed by atoms with Crippen molar-refractivity contribution < 1.29 is 9.53 Å². The molecule has 0 fully saturated rings. The van der Waals surface area contributed by atoms with Crippen molar-refractivity contribution >= 4 is 29.0 Å². The minimum absolute atomic E-state index is 0.217. The van der Waals surface area contributed by atoms with Crippen molar-refractivity contribution in [3.05, 3.63) is 28.2 Å². The monoisotopic (exact) mass is 260 g/mol. The SMILES string of the molecule is CC(=O)CCCCOc1ccc(Cl)c(Cl)c1. The average molecular weight is 261 g/mol. The van der Waals surface area contributed by atoms with Crippen molar-refractivity contribution in [1.82, 2.24) is 0 Å². The number of ketones is 1. The summed E-state index contributed by atoms with van der Waals surface area (Å²) in [5, 5.41) is 1.01. The van der Waals surface area contributed by atoms with Gasteiger partial charge < -0.3 is 9.53 Å². The van der Waals surface area contributed by atoms with Crippen molar-refractivity contribution in [1.29, 1.82) is 0 Å². The first-order chi connectivity index (χ1) is 7.59. The molecule has 0 aliphatic rings. The summed E-state index contributed by atoms with van der Waals surface area (Å²) in [7, 11) is 0. The Balaban J connectivity index is 2.27. The highest BCUT2D eigenvalue weighted by Crippen LogP contribution is 2.26. The molecule has 1 rings (SSSR count). The Morgan fingerprint density at radius 1 is 1.25 bits per heavy atom. The van der Waals surface area contributed by atoms with Crippen molar-refractivity contribution in [2.45, 2.75) is 26.2 Å². The predicted octanol–water partition coefficient (Wildman–Crippen LogP) is 4.13. The molecule has 0 unspecified atom stereocenters. The van der Waals surface area contributed by atoms with E-state index in [0.29, 0.717) is 28.8 Å². The maximum absolute atomic E-state index is 10.7. The second-order valence-corrected chi connectivity index (χ2v) is 4.40. The summed E-state index contributed by atoms with van der Waals surface area (Å²) in [4.78, 5) is 10.7. The fourth-order valence-corrected chi connectivity index (χ4v) is 1.52. The Morgan fingerprint density at radius 2 is 2.00 bits per heavy atom. The lowest BCUT2D eigenvalue weighted by Crippen LogP contribution is -1.99. The van der Waals surface area contributed by atoms with Gasteiger partial charge in [0, 0.05) is 12.5 Å². The second-order valence-electron chi connectivity index (χ2n) is 3.58. The molecule has 0 aromatic heterocycles. The van der Waals surface area contributed by atoms with Gasteiger partial charge in [-0.05, 0) is 31.9 Å². The molecular formula is C12H14Cl2O2. The molecule has 0 saturated heterocycles. The van der Waals surface area contributed by atoms with Gasteiger partial charge in [0.25, 0.3) is 0 Å². The number of ether oxygens (including phenoxy) is 1. The maximum Gasteiger partial charge on any atom is 0.129 e. The molecule has 0 heterocycles. The number of hydrogen-bond donors (Lipinski definition) is 0. The van der Waals surface area contributed by atoms with E-state index >= 15 is 0 Å². The van der Waals surface area contributed by atoms with E-state index in [9.17, 15) is 4.79 Å². The Kier molecular flexibility index (Phi) is 5.64. The fraction of sp³-hybridized carbons (Fsp3) is 0.417. The largest absolute Gasteiger partial charge is 0.494 e. The minimum Gasteiger partial charge on any atom is -0.494 e. The molecule has 88 valence electrons. The second kappa shape index (κ2) is 6.77. The number of benzene rings is 1. The molecule has 0 amide bonds. The highest BCUT2D eigenvalue weighted by molar-refractivity contribution is 6.42. The standard InChI is InChI=1S/C12H14Cl2O2/c1-9(15)4-2-3-7-16-10-5-6-11(13)12(14)8-10/h5-6,8H,2-4,7H2,1H3. The van der Waals surface area contributed by atoms with Crippen molar-refractivity contribution in [2.24, 2.45) is 0 Å². The number of Topliss-reactive ketones (excluding diaryl/α,β-unsaturated/α-hetero) is 1. The third kappa shape index (κ3) is 4.86. The van der Waals surface area contributed by atoms with Gasteiger partial charge in [-0.25, -0.2) is 0 Å². The lowest BCUT2D eigenvalue weighted by atomic mass is 10.2. The van der Waals surface area contributed by atoms with Gasteiger partial charge in [0.05, 0.1) is 16.7 Å². The van der Waals surface area contributed by atoms with Crippen LogP contribution in [0, 0.1) is 0 Å². The lowest BCUT2D eigenvalue weighted by molar-refractivity contribution is -0.117. The van der Waals surface area contributed by atoms with Gasteiger partial charge in [-0.3, -0.25) is 0 Å². The van der Waals surface area contributed by atoms with Gasteiger partial charge >= 0.3 is 0 Å². The number of hydrogen-bond acceptors (Lipinski definition) is 2. The molecule has 1 aromatic carbocycles. The van der Waals surface area contributed by atoms with Crippen molar-refractivity contribution in [3.63, 3.8) is 0 Å². The van der Waals surface area contributed by atoms with Crippen LogP contribution < -0.4 is 4.74 Å². The Morgan fingerprint density at radius 3 is 2.62 bits per heavy atom. The summed E-state index contributed by atoms with van der Waals surface area (Å²) in [5.74, 6) is 0.923. The Bertz CT molecular complexity index is 364. The van der Waals surface area contributed by atoms with Crippen molar-refractivity contribution in [3.8, 4) is 5.75 Å². The lowest BCUT2D eigenvalue weighted by Gasteiger charge is -2.06. The topological polar surface area (TPSA) is 26.3 Å². The highest BCUT2D eigenvalue weighted by atomic mass is 35.5. The third-order valence-corrected chi connectivity index (χ3v) is 2.82. The summed E-state index contributed by atoms with van der Waals surface area (Å²) < 4.78 is 5.47. The molecule has 1 aromatic rings. The van der Waals surface area contributed by atoms with E-state index < -0.39 is 0 Å². The zero-order chi connectivity index (χ0) is 12.0. The van der Waals surface area contributed by atoms with Crippen LogP contribution in [-0.2, 0) is 4.79 Å². The zero-order valence-electron chi connectivity index (χ0n) is 9.13. The molecule has 4 heteroatoms. The first-order valence-corrected chi connectivity index (χ1v) is 5.92. The number of carbonyl (C=O) groups is 1. The van der Waals surface area contributed by atoms with Gasteiger partial charge in [0.2, 0.25) is 0 Å². The minimum atomic E-state index is 0.217. The van der Waals surface area contributed by atoms with Gasteiger partial charge in [0.15, 0.2) is 0 Å². The maximum atomic E-state index is 10.7. The first-order valence-electron chi connectivity index (χ1n) is 5.17. The van der Waals surface area contributed by atoms with E-state index in [1.807, 2.05) is 0 Å². The third-order valence-electron chi connectivity index (χ3n) is 2.08. The van der Waals surface area contributed by atoms with Crippen LogP contribution >= 0.6 is 23.2 Å². The van der Waals surface area contributed by atoms with Gasteiger partial charge in [-0.15, -0.1) is 0 Å². The molecule has 16 heavy (non-hydrogen) atoms. The van der Waals surface area contributed by atoms with Crippen LogP contribution in [-0.4, -0.2) is 12.4 Å². The molecule has 0 aliphatic carbocycles. The quantitative estimate of drug-likeness (QED) is 0.719. The van der Waals surface area contributed by atoms with E-state index in [-0.39, 0.29) is 5.78 Å². The molecule has 0 bridgehead atoms. The molecular weight excluding hydrogens is 247 g/mol. The van der Waals surface area contributed by atoms with Crippen molar-refractivity contribution in [2.75, 3.05) is 6.61 Å². The molecule has 0 saturated carbocycles. The van der Waals surface area contributed by atoms with E-state index in [1.165, 1.54) is 0 Å². The Hall–Kier alpha value is -0.730. The molecule has 0 N–H and O–H groups in total. The molecule has 0 aliphatic heterocycles. The predicted molar refractivity (Wildman–Crippen MR) is 66.5 cm³/mol. The summed E-state index contributed by atoms with van der Waals surface area (Å²) in [6.07, 6.45) is 2.33. The smallest absolute Gasteiger partial charge is 0.129 e. The van der Waals surface area contributed by atoms with E-state index in [0.717, 1.165) is 12.8 Å². The van der Waals surface area contributed by atoms with Crippen LogP contribution in [0.3, 0.4) is 0 Å². The van der Waals surface area contributed by atoms with Crippen LogP contribution in [0.5, 0.6) is 5.75 Å². The van der Waals surface area contributed by atoms with E-state index in [2.05, 4.69) is 0 Å². The summed E-state index contributed by atoms with van der Waals surface area (Å²) in [6, 6.07) is 5.17. The van der Waals surface area contributed by atoms with Crippen LogP contribution in [0.15, 0.2) is 18.2 Å².